The first kappa shape index (κ1) is 141. The van der Waals surface area contributed by atoms with Crippen LogP contribution in [0.15, 0.2) is 97.2 Å². The molecule has 0 radical (unpaired) electrons. The summed E-state index contributed by atoms with van der Waals surface area (Å²) in [6.07, 6.45) is 63.5. The fourth-order valence-electron chi connectivity index (χ4n) is 14.0. The van der Waals surface area contributed by atoms with Gasteiger partial charge in [0.05, 0.1) is 17.8 Å². The van der Waals surface area contributed by atoms with Crippen LogP contribution in [0.5, 0.6) is 0 Å². The van der Waals surface area contributed by atoms with Gasteiger partial charge in [0.15, 0.2) is 0 Å². The Kier molecular flexibility index (Phi) is 74.9. The van der Waals surface area contributed by atoms with E-state index in [9.17, 15) is 43.5 Å². The zero-order valence-electron chi connectivity index (χ0n) is 93.6. The number of ether oxygens (including phenoxy) is 12. The zero-order chi connectivity index (χ0) is 112. The Labute approximate surface area is 883 Å². The van der Waals surface area contributed by atoms with E-state index in [1.54, 1.807) is 20.8 Å². The van der Waals surface area contributed by atoms with Gasteiger partial charge in [-0.05, 0) is 423 Å². The van der Waals surface area contributed by atoms with Gasteiger partial charge in [0.1, 0.15) is 65.6 Å². The molecule has 0 saturated carbocycles. The van der Waals surface area contributed by atoms with Crippen molar-refractivity contribution in [2.75, 3.05) is 0 Å². The van der Waals surface area contributed by atoms with Crippen molar-refractivity contribution in [2.45, 2.75) is 539 Å². The van der Waals surface area contributed by atoms with Crippen LogP contribution in [0.4, 0.5) is 38.4 Å². The maximum absolute atomic E-state index is 11.8. The van der Waals surface area contributed by atoms with Crippen molar-refractivity contribution in [1.82, 2.24) is 16.0 Å². The van der Waals surface area contributed by atoms with Crippen molar-refractivity contribution >= 4 is 89.3 Å². The number of carbonyl (C=O) groups is 8. The van der Waals surface area contributed by atoms with Crippen LogP contribution in [-0.2, 0) is 85.6 Å². The Bertz CT molecular complexity index is 3580. The summed E-state index contributed by atoms with van der Waals surface area (Å²) >= 11 is 2.50. The molecule has 0 aromatic heterocycles. The van der Waals surface area contributed by atoms with Crippen molar-refractivity contribution in [3.63, 3.8) is 0 Å². The third-order valence-corrected chi connectivity index (χ3v) is 22.0. The SMILES string of the molecule is CC(C)(C)NC(=O)OC1/C=C/CCC(N)CC1.CC(C)(C)NC(=O)OC1/C=C/CCC(OC(C)(C)C)CC1.CC(C)(C)NC(=O)OC1/C=C/CCCCC1.CC(C)(C)OC(=O)OC1/C=C/CCC(N)CC1.CC(C)(C)OC(=O)OC1/C=C/CCC(O)CC1.CC(C)(C)OC(=O)OC1/C=C/CCCCC1.CC(C)(C)SC(=O)OC1/C=C/CCC(N)CC1.CC(C)(C)SC(=O)OC1/C=C/CCCCC1.O=C=O.O=C=O.O=C=O. The lowest BCUT2D eigenvalue weighted by Crippen LogP contribution is -2.42. The number of aliphatic hydroxyl groups is 1. The molecule has 35 heteroatoms. The lowest BCUT2D eigenvalue weighted by molar-refractivity contribution is -0.193. The molecule has 8 aliphatic rings. The molecule has 0 saturated heterocycles. The fourth-order valence-corrected chi connectivity index (χ4v) is 15.3. The average molecular weight is 2100 g/mol. The molecule has 0 heterocycles. The minimum atomic E-state index is -0.651. The van der Waals surface area contributed by atoms with Gasteiger partial charge >= 0.3 is 65.8 Å². The lowest BCUT2D eigenvalue weighted by atomic mass is 10.0. The molecule has 8 aliphatic carbocycles. The van der Waals surface area contributed by atoms with Gasteiger partial charge in [0.2, 0.25) is 0 Å². The molecule has 8 rings (SSSR count). The molecule has 13 unspecified atom stereocenters. The number of nitrogens with two attached hydrogens (primary N) is 3. The summed E-state index contributed by atoms with van der Waals surface area (Å²) in [4.78, 5) is 141. The van der Waals surface area contributed by atoms with E-state index < -0.39 is 35.3 Å². The third kappa shape index (κ3) is 97.2. The second-order valence-corrected chi connectivity index (χ2v) is 49.2. The molecule has 10 N–H and O–H groups in total. The molecule has 0 bridgehead atoms. The Morgan fingerprint density at radius 1 is 0.267 bits per heavy atom. The predicted octanol–water partition coefficient (Wildman–Crippen LogP) is 25.6. The van der Waals surface area contributed by atoms with Gasteiger partial charge in [-0.3, -0.25) is 0 Å². The highest BCUT2D eigenvalue weighted by atomic mass is 32.2. The van der Waals surface area contributed by atoms with Gasteiger partial charge < -0.3 is 95.1 Å². The van der Waals surface area contributed by atoms with Crippen LogP contribution in [0.1, 0.15) is 412 Å². The van der Waals surface area contributed by atoms with E-state index in [-0.39, 0.29) is 158 Å². The average Bonchev–Trinajstić information content (AvgIpc) is 0.928. The number of rotatable bonds is 9. The van der Waals surface area contributed by atoms with Crippen molar-refractivity contribution in [3.8, 4) is 0 Å². The summed E-state index contributed by atoms with van der Waals surface area (Å²) in [7, 11) is 0. The van der Waals surface area contributed by atoms with Crippen LogP contribution in [0.25, 0.3) is 0 Å². The topological polar surface area (TPSA) is 484 Å². The van der Waals surface area contributed by atoms with E-state index in [2.05, 4.69) is 67.1 Å². The summed E-state index contributed by atoms with van der Waals surface area (Å²) < 4.78 is 64.0. The fraction of sp³-hybridized carbons (Fsp3) is 0.757. The van der Waals surface area contributed by atoms with Gasteiger partial charge in [-0.1, -0.05) is 109 Å². The third-order valence-electron chi connectivity index (χ3n) is 20.3. The molecule has 13 atom stereocenters. The van der Waals surface area contributed by atoms with E-state index in [1.807, 2.05) is 212 Å². The molecule has 0 spiro atoms. The molecule has 0 aromatic rings. The summed E-state index contributed by atoms with van der Waals surface area (Å²) in [5, 5.41) is 17.6. The maximum Gasteiger partial charge on any atom is 0.509 e. The normalized spacial score (nSPS) is 24.7. The van der Waals surface area contributed by atoms with Gasteiger partial charge in [-0.15, -0.1) is 0 Å². The van der Waals surface area contributed by atoms with Crippen LogP contribution in [0.3, 0.4) is 0 Å². The number of allylic oxidation sites excluding steroid dienone is 8. The van der Waals surface area contributed by atoms with E-state index in [0.29, 0.717) is 12.8 Å². The van der Waals surface area contributed by atoms with Gasteiger partial charge in [-0.25, -0.2) is 38.4 Å². The Hall–Kier alpha value is -8.88. The first-order valence-electron chi connectivity index (χ1n) is 52.1. The maximum atomic E-state index is 11.8. The summed E-state index contributed by atoms with van der Waals surface area (Å²) in [5.74, 6) is 0. The quantitative estimate of drug-likeness (QED) is 0.0640. The van der Waals surface area contributed by atoms with Crippen molar-refractivity contribution < 1.29 is 129 Å². The predicted molar refractivity (Wildman–Crippen MR) is 572 cm³/mol. The van der Waals surface area contributed by atoms with Crippen molar-refractivity contribution in [3.05, 3.63) is 97.2 Å². The van der Waals surface area contributed by atoms with E-state index in [1.165, 1.54) is 62.0 Å². The molecular weight excluding hydrogens is 1910 g/mol. The number of amides is 3. The van der Waals surface area contributed by atoms with Crippen molar-refractivity contribution in [2.24, 2.45) is 17.2 Å². The van der Waals surface area contributed by atoms with Crippen LogP contribution in [0.2, 0.25) is 0 Å². The summed E-state index contributed by atoms with van der Waals surface area (Å²) in [6.45, 7) is 52.1. The second kappa shape index (κ2) is 77.5. The van der Waals surface area contributed by atoms with Gasteiger partial charge in [0.25, 0.3) is 0 Å². The number of hydrogen-bond acceptors (Lipinski definition) is 32. The van der Waals surface area contributed by atoms with Crippen molar-refractivity contribution in [1.29, 1.82) is 0 Å². The van der Waals surface area contributed by atoms with E-state index >= 15 is 0 Å². The van der Waals surface area contributed by atoms with Gasteiger partial charge in [0, 0.05) is 44.2 Å². The molecule has 146 heavy (non-hydrogen) atoms. The molecule has 0 aliphatic heterocycles. The smallest absolute Gasteiger partial charge is 0.450 e. The monoisotopic (exact) mass is 2100 g/mol. The number of nitrogens with one attached hydrogen (secondary N) is 3. The highest BCUT2D eigenvalue weighted by molar-refractivity contribution is 8.14. The largest absolute Gasteiger partial charge is 0.509 e. The number of alkyl carbamates (subject to hydrolysis) is 3. The second-order valence-electron chi connectivity index (χ2n) is 45.7. The first-order valence-corrected chi connectivity index (χ1v) is 53.7. The minimum Gasteiger partial charge on any atom is -0.450 e. The van der Waals surface area contributed by atoms with Crippen LogP contribution >= 0.6 is 23.5 Å². The first-order chi connectivity index (χ1) is 67.7. The molecule has 0 aromatic carbocycles. The van der Waals surface area contributed by atoms with Gasteiger partial charge in [-0.2, -0.15) is 28.8 Å². The number of thioether (sulfide) groups is 2. The lowest BCUT2D eigenvalue weighted by Gasteiger charge is -2.29. The standard InChI is InChI=1S/C17H31NO3.C13H24N2O2.C13H23NO3.C13H23NO2S.C13H23NO2.C13H22O4.C13H22O3.C13H22O2S.3CO2/c1-16(2,3)18-15(19)20-13-9-7-8-10-14(12-11-13)21-17(4,5)6;1-13(2,3)15-12(16)17-11-7-5-4-6-10(14)8-9-11;2*1-13(2,3)17-12(15)16-11-7-5-4-6-10(14)8-9-11;1-13(2,3)14-12(15)16-11-9-7-5-4-6-8-10-11;1-13(2,3)17-12(15)16-11-7-5-4-6-10(14)8-9-11;2*1-13(2,3)16-12(14)15-11-9-7-5-4-6-8-10-11;3*2-1-3/h7,9,13-14H,8,10-12H2,1-6H3,(H,18,19);5,7,10-11H,4,6,8-9,14H2,1-3H3,(H,15,16);2*5,7,10-11H,4,6,8-9,14H2,1-3H3;7,9,11H,4-6,8,10H2,1-3H3,(H,14,15);5,7,10-11,14H,4,6,8-9H2,1-3H3;2*7,9,11H,4-6,8,10H2,1-3H3;;;/b9-7+;3*7-5+;9-7+;7-5+;2*9-7+;;;. The minimum absolute atomic E-state index is 0.0114. The Morgan fingerprint density at radius 2 is 0.493 bits per heavy atom. The Balaban J connectivity index is -0.00000158. The van der Waals surface area contributed by atoms with Crippen LogP contribution in [0, 0.1) is 0 Å². The van der Waals surface area contributed by atoms with E-state index in [4.69, 9.17) is 103 Å². The Morgan fingerprint density at radius 3 is 0.760 bits per heavy atom. The number of aliphatic hydroxyl groups excluding tert-OH is 1. The van der Waals surface area contributed by atoms with Crippen LogP contribution < -0.4 is 33.2 Å². The summed E-state index contributed by atoms with van der Waals surface area (Å²) in [5.41, 5.74) is 15.3. The van der Waals surface area contributed by atoms with Crippen LogP contribution in [-0.4, -0.2) is 199 Å². The number of hydrogen-bond donors (Lipinski definition) is 7. The molecule has 33 nitrogen and oxygen atoms in total. The molecule has 0 fully saturated rings. The molecule has 3 amide bonds. The zero-order valence-corrected chi connectivity index (χ0v) is 95.2. The molecule has 838 valence electrons. The molecular formula is C111H190N6O27S2. The van der Waals surface area contributed by atoms with E-state index in [0.717, 1.165) is 173 Å². The highest BCUT2D eigenvalue weighted by Crippen LogP contribution is 2.31. The highest BCUT2D eigenvalue weighted by Gasteiger charge is 2.31. The number of carbonyl (C=O) groups excluding carboxylic acids is 14. The summed E-state index contributed by atoms with van der Waals surface area (Å²) in [6, 6.07) is 0.651.